The van der Waals surface area contributed by atoms with E-state index in [1.54, 1.807) is 7.05 Å². The molecule has 1 aliphatic rings. The van der Waals surface area contributed by atoms with E-state index in [0.717, 1.165) is 19.3 Å². The van der Waals surface area contributed by atoms with Crippen molar-refractivity contribution >= 4 is 11.9 Å². The van der Waals surface area contributed by atoms with E-state index in [4.69, 9.17) is 0 Å². The molecule has 0 aromatic heterocycles. The molecule has 9 heteroatoms. The van der Waals surface area contributed by atoms with Crippen LogP contribution in [0, 0.1) is 5.92 Å². The van der Waals surface area contributed by atoms with Gasteiger partial charge in [0.25, 0.3) is 0 Å². The van der Waals surface area contributed by atoms with E-state index in [2.05, 4.69) is 20.9 Å². The van der Waals surface area contributed by atoms with E-state index < -0.39 is 12.7 Å². The van der Waals surface area contributed by atoms with Gasteiger partial charge in [0.1, 0.15) is 0 Å². The van der Waals surface area contributed by atoms with Crippen molar-refractivity contribution in [3.63, 3.8) is 0 Å². The van der Waals surface area contributed by atoms with E-state index in [9.17, 15) is 18.0 Å². The fourth-order valence-corrected chi connectivity index (χ4v) is 2.93. The molecule has 0 radical (unpaired) electrons. The molecule has 0 aliphatic carbocycles. The van der Waals surface area contributed by atoms with Crippen molar-refractivity contribution in [2.45, 2.75) is 51.7 Å². The summed E-state index contributed by atoms with van der Waals surface area (Å²) in [6.45, 7) is 6.71. The van der Waals surface area contributed by atoms with Crippen LogP contribution in [-0.2, 0) is 4.79 Å². The molecule has 0 unspecified atom stereocenters. The van der Waals surface area contributed by atoms with Gasteiger partial charge >= 0.3 is 6.18 Å². The lowest BCUT2D eigenvalue weighted by molar-refractivity contribution is -0.148. The Labute approximate surface area is 154 Å². The SMILES string of the molecule is CN=C(NCCC1CCN(CC(F)(F)F)CC1)NCC(=O)NC(C)(C)C. The third kappa shape index (κ3) is 10.5. The van der Waals surface area contributed by atoms with Gasteiger partial charge in [0.15, 0.2) is 5.96 Å². The molecule has 1 heterocycles. The van der Waals surface area contributed by atoms with Gasteiger partial charge in [-0.2, -0.15) is 13.2 Å². The zero-order valence-corrected chi connectivity index (χ0v) is 16.2. The second-order valence-electron chi connectivity index (χ2n) is 7.77. The van der Waals surface area contributed by atoms with Crippen LogP contribution in [-0.4, -0.2) is 68.3 Å². The first-order valence-electron chi connectivity index (χ1n) is 9.03. The average molecular weight is 379 g/mol. The van der Waals surface area contributed by atoms with Crippen molar-refractivity contribution in [3.8, 4) is 0 Å². The topological polar surface area (TPSA) is 68.8 Å². The van der Waals surface area contributed by atoms with E-state index in [-0.39, 0.29) is 18.0 Å². The number of hydrogen-bond donors (Lipinski definition) is 3. The van der Waals surface area contributed by atoms with E-state index in [1.807, 2.05) is 20.8 Å². The van der Waals surface area contributed by atoms with Crippen LogP contribution in [0.25, 0.3) is 0 Å². The van der Waals surface area contributed by atoms with Gasteiger partial charge < -0.3 is 16.0 Å². The maximum absolute atomic E-state index is 12.4. The van der Waals surface area contributed by atoms with Crippen molar-refractivity contribution in [2.24, 2.45) is 10.9 Å². The second-order valence-corrected chi connectivity index (χ2v) is 7.77. The van der Waals surface area contributed by atoms with Crippen LogP contribution in [0.2, 0.25) is 0 Å². The minimum absolute atomic E-state index is 0.113. The zero-order chi connectivity index (χ0) is 19.8. The molecule has 1 rings (SSSR count). The van der Waals surface area contributed by atoms with Crippen molar-refractivity contribution < 1.29 is 18.0 Å². The maximum atomic E-state index is 12.4. The van der Waals surface area contributed by atoms with Crippen LogP contribution in [0.1, 0.15) is 40.0 Å². The average Bonchev–Trinajstić information content (AvgIpc) is 2.49. The molecule has 0 spiro atoms. The Morgan fingerprint density at radius 3 is 2.27 bits per heavy atom. The fourth-order valence-electron chi connectivity index (χ4n) is 2.93. The van der Waals surface area contributed by atoms with Gasteiger partial charge in [0.2, 0.25) is 5.91 Å². The largest absolute Gasteiger partial charge is 0.401 e. The Morgan fingerprint density at radius 2 is 1.77 bits per heavy atom. The van der Waals surface area contributed by atoms with Crippen molar-refractivity contribution in [1.29, 1.82) is 0 Å². The molecule has 1 aliphatic heterocycles. The summed E-state index contributed by atoms with van der Waals surface area (Å²) in [7, 11) is 1.63. The van der Waals surface area contributed by atoms with E-state index >= 15 is 0 Å². The summed E-state index contributed by atoms with van der Waals surface area (Å²) in [6.07, 6.45) is -1.70. The third-order valence-corrected chi connectivity index (χ3v) is 4.11. The summed E-state index contributed by atoms with van der Waals surface area (Å²) in [5.41, 5.74) is -0.281. The van der Waals surface area contributed by atoms with Gasteiger partial charge in [-0.15, -0.1) is 0 Å². The lowest BCUT2D eigenvalue weighted by atomic mass is 9.93. The number of hydrogen-bond acceptors (Lipinski definition) is 3. The highest BCUT2D eigenvalue weighted by Gasteiger charge is 2.32. The quantitative estimate of drug-likeness (QED) is 0.486. The van der Waals surface area contributed by atoms with Crippen molar-refractivity contribution in [1.82, 2.24) is 20.9 Å². The lowest BCUT2D eigenvalue weighted by Crippen LogP contribution is -2.48. The van der Waals surface area contributed by atoms with Gasteiger partial charge in [-0.05, 0) is 59.0 Å². The number of alkyl halides is 3. The monoisotopic (exact) mass is 379 g/mol. The molecule has 1 amide bonds. The van der Waals surface area contributed by atoms with E-state index in [1.165, 1.54) is 4.90 Å². The molecule has 0 aromatic carbocycles. The molecule has 0 aromatic rings. The number of aliphatic imine (C=N–C) groups is 1. The Balaban J connectivity index is 2.21. The minimum Gasteiger partial charge on any atom is -0.356 e. The smallest absolute Gasteiger partial charge is 0.356 e. The van der Waals surface area contributed by atoms with Crippen LogP contribution < -0.4 is 16.0 Å². The highest BCUT2D eigenvalue weighted by atomic mass is 19.4. The minimum atomic E-state index is -4.12. The first-order valence-corrected chi connectivity index (χ1v) is 9.03. The fraction of sp³-hybridized carbons (Fsp3) is 0.882. The molecule has 0 bridgehead atoms. The number of rotatable bonds is 6. The first-order chi connectivity index (χ1) is 12.0. The molecule has 0 atom stereocenters. The first kappa shape index (κ1) is 22.5. The van der Waals surface area contributed by atoms with Gasteiger partial charge in [-0.25, -0.2) is 0 Å². The van der Waals surface area contributed by atoms with Crippen molar-refractivity contribution in [2.75, 3.05) is 39.8 Å². The molecule has 26 heavy (non-hydrogen) atoms. The molecular formula is C17H32F3N5O. The number of amides is 1. The summed E-state index contributed by atoms with van der Waals surface area (Å²) in [4.78, 5) is 17.3. The van der Waals surface area contributed by atoms with E-state index in [0.29, 0.717) is 31.5 Å². The van der Waals surface area contributed by atoms with Gasteiger partial charge in [-0.1, -0.05) is 0 Å². The number of halogens is 3. The molecule has 3 N–H and O–H groups in total. The van der Waals surface area contributed by atoms with Gasteiger partial charge in [-0.3, -0.25) is 14.7 Å². The van der Waals surface area contributed by atoms with Crippen molar-refractivity contribution in [3.05, 3.63) is 0 Å². The summed E-state index contributed by atoms with van der Waals surface area (Å²) in [5.74, 6) is 0.843. The third-order valence-electron chi connectivity index (χ3n) is 4.11. The molecule has 1 fully saturated rings. The van der Waals surface area contributed by atoms with Crippen LogP contribution in [0.15, 0.2) is 4.99 Å². The molecule has 6 nitrogen and oxygen atoms in total. The second kappa shape index (κ2) is 9.99. The zero-order valence-electron chi connectivity index (χ0n) is 16.2. The molecule has 1 saturated heterocycles. The van der Waals surface area contributed by atoms with Gasteiger partial charge in [0, 0.05) is 19.1 Å². The predicted molar refractivity (Wildman–Crippen MR) is 97.1 cm³/mol. The number of piperidine rings is 1. The Morgan fingerprint density at radius 1 is 1.15 bits per heavy atom. The van der Waals surface area contributed by atoms with Gasteiger partial charge in [0.05, 0.1) is 13.1 Å². The Bertz CT molecular complexity index is 466. The summed E-state index contributed by atoms with van der Waals surface area (Å²) in [5, 5.41) is 8.96. The van der Waals surface area contributed by atoms with Crippen LogP contribution >= 0.6 is 0 Å². The number of guanidine groups is 1. The number of likely N-dealkylation sites (tertiary alicyclic amines) is 1. The van der Waals surface area contributed by atoms with Crippen LogP contribution in [0.5, 0.6) is 0 Å². The lowest BCUT2D eigenvalue weighted by Gasteiger charge is -2.32. The molecule has 152 valence electrons. The number of nitrogens with one attached hydrogen (secondary N) is 3. The van der Waals surface area contributed by atoms with Crippen LogP contribution in [0.4, 0.5) is 13.2 Å². The predicted octanol–water partition coefficient (Wildman–Crippen LogP) is 1.73. The molecule has 0 saturated carbocycles. The normalized spacial score (nSPS) is 17.9. The highest BCUT2D eigenvalue weighted by Crippen LogP contribution is 2.23. The number of carbonyl (C=O) groups is 1. The maximum Gasteiger partial charge on any atom is 0.401 e. The van der Waals surface area contributed by atoms with Crippen LogP contribution in [0.3, 0.4) is 0 Å². The number of nitrogens with zero attached hydrogens (tertiary/aromatic N) is 2. The standard InChI is InChI=1S/C17H32F3N5O/c1-16(2,3)24-14(26)11-23-15(21-4)22-8-5-13-6-9-25(10-7-13)12-17(18,19)20/h13H,5-12H2,1-4H3,(H,24,26)(H2,21,22,23). The summed E-state index contributed by atoms with van der Waals surface area (Å²) >= 11 is 0. The molecular weight excluding hydrogens is 347 g/mol. The highest BCUT2D eigenvalue weighted by molar-refractivity contribution is 5.86. The summed E-state index contributed by atoms with van der Waals surface area (Å²) in [6, 6.07) is 0. The summed E-state index contributed by atoms with van der Waals surface area (Å²) < 4.78 is 37.2. The number of carbonyl (C=O) groups excluding carboxylic acids is 1. The Kier molecular flexibility index (Phi) is 8.66. The Hall–Kier alpha value is -1.51.